The predicted molar refractivity (Wildman–Crippen MR) is 168 cm³/mol. The normalized spacial score (nSPS) is 20.8. The Morgan fingerprint density at radius 1 is 1.04 bits per heavy atom. The molecule has 4 bridgehead atoms. The second-order valence-electron chi connectivity index (χ2n) is 12.9. The Morgan fingerprint density at radius 3 is 2.38 bits per heavy atom. The van der Waals surface area contributed by atoms with E-state index in [-0.39, 0.29) is 12.8 Å². The van der Waals surface area contributed by atoms with Crippen LogP contribution in [0.15, 0.2) is 53.0 Å². The lowest BCUT2D eigenvalue weighted by molar-refractivity contribution is -0.299. The van der Waals surface area contributed by atoms with Gasteiger partial charge in [-0.2, -0.15) is 26.3 Å². The van der Waals surface area contributed by atoms with Gasteiger partial charge in [0, 0.05) is 13.1 Å². The molecule has 1 saturated heterocycles. The number of allylic oxidation sites excluding steroid dienone is 1. The van der Waals surface area contributed by atoms with Crippen LogP contribution < -0.4 is 10.6 Å². The first-order valence-corrected chi connectivity index (χ1v) is 15.9. The van der Waals surface area contributed by atoms with Crippen molar-refractivity contribution in [3.63, 3.8) is 0 Å². The van der Waals surface area contributed by atoms with Gasteiger partial charge >= 0.3 is 18.4 Å². The molecule has 1 unspecified atom stereocenters. The highest BCUT2D eigenvalue weighted by Crippen LogP contribution is 2.47. The van der Waals surface area contributed by atoms with Crippen LogP contribution in [0.4, 0.5) is 42.6 Å². The molecule has 0 aliphatic carbocycles. The summed E-state index contributed by atoms with van der Waals surface area (Å²) in [6.45, 7) is 4.83. The molecular formula is C33H36F6N6O5. The zero-order valence-corrected chi connectivity index (χ0v) is 27.5. The van der Waals surface area contributed by atoms with Crippen molar-refractivity contribution in [3.8, 4) is 11.6 Å². The summed E-state index contributed by atoms with van der Waals surface area (Å²) in [5.41, 5.74) is -6.46. The molecule has 2 aliphatic heterocycles. The number of pyridine rings is 1. The number of nitrogens with zero attached hydrogens (tertiary/aromatic N) is 4. The summed E-state index contributed by atoms with van der Waals surface area (Å²) in [7, 11) is 0. The Morgan fingerprint density at radius 2 is 1.74 bits per heavy atom. The van der Waals surface area contributed by atoms with E-state index >= 15 is 13.2 Å². The molecule has 270 valence electrons. The number of benzene rings is 1. The highest BCUT2D eigenvalue weighted by molar-refractivity contribution is 5.91. The van der Waals surface area contributed by atoms with Gasteiger partial charge in [-0.25, -0.2) is 9.78 Å². The van der Waals surface area contributed by atoms with Crippen LogP contribution in [0.1, 0.15) is 69.9 Å². The molecule has 0 radical (unpaired) electrons. The molecule has 2 atom stereocenters. The fraction of sp³-hybridized carbons (Fsp3) is 0.485. The molecule has 5 rings (SSSR count). The first kappa shape index (κ1) is 36.6. The molecule has 3 aromatic rings. The number of hydrogen-bond donors (Lipinski definition) is 2. The summed E-state index contributed by atoms with van der Waals surface area (Å²) in [6, 6.07) is 7.31. The fourth-order valence-electron chi connectivity index (χ4n) is 5.54. The molecule has 2 aromatic heterocycles. The van der Waals surface area contributed by atoms with Crippen molar-refractivity contribution in [2.75, 3.05) is 23.7 Å². The standard InChI is InChI=1S/C33H36F6N6O5/c1-30(2,3)50-29(47)41-23-18-21(32(34,35)36)25-40-22(27(46)45-16-10-11-17-45)14-8-5-9-15-31(33(37,38)39,48-19-20-12-6-4-7-13-20)28-44-43-26(49-28)24(23)42-25/h4-8,12-13,18,22H,9-11,14-17,19H2,1-3H3,(H,40,42)(H,41,47)/b8-5-/t22?,31-/m1/s1. The van der Waals surface area contributed by atoms with Gasteiger partial charge in [-0.1, -0.05) is 42.5 Å². The summed E-state index contributed by atoms with van der Waals surface area (Å²) >= 11 is 0. The number of nitrogens with one attached hydrogen (secondary N) is 2. The minimum atomic E-state index is -5.12. The maximum absolute atomic E-state index is 15.1. The quantitative estimate of drug-likeness (QED) is 0.203. The number of anilines is 2. The zero-order chi connectivity index (χ0) is 36.3. The number of amides is 2. The molecule has 0 saturated carbocycles. The molecule has 1 aromatic carbocycles. The maximum atomic E-state index is 15.1. The van der Waals surface area contributed by atoms with Gasteiger partial charge in [0.05, 0.1) is 17.9 Å². The molecule has 0 spiro atoms. The van der Waals surface area contributed by atoms with Gasteiger partial charge in [0.15, 0.2) is 5.69 Å². The fourth-order valence-corrected chi connectivity index (χ4v) is 5.54. The van der Waals surface area contributed by atoms with Crippen molar-refractivity contribution in [2.45, 2.75) is 89.1 Å². The van der Waals surface area contributed by atoms with Crippen LogP contribution >= 0.6 is 0 Å². The average molecular weight is 711 g/mol. The molecular weight excluding hydrogens is 674 g/mol. The monoisotopic (exact) mass is 710 g/mol. The van der Waals surface area contributed by atoms with Crippen LogP contribution in [0.3, 0.4) is 0 Å². The van der Waals surface area contributed by atoms with Crippen LogP contribution in [-0.4, -0.2) is 63.0 Å². The Labute approximate surface area is 283 Å². The van der Waals surface area contributed by atoms with Crippen molar-refractivity contribution in [3.05, 3.63) is 65.6 Å². The smallest absolute Gasteiger partial charge is 0.426 e. The molecule has 1 fully saturated rings. The van der Waals surface area contributed by atoms with E-state index in [1.807, 2.05) is 0 Å². The number of rotatable bonds is 5. The summed E-state index contributed by atoms with van der Waals surface area (Å²) in [5.74, 6) is -3.13. The summed E-state index contributed by atoms with van der Waals surface area (Å²) < 4.78 is 106. The van der Waals surface area contributed by atoms with Crippen molar-refractivity contribution in [1.82, 2.24) is 20.1 Å². The van der Waals surface area contributed by atoms with Crippen LogP contribution in [0.2, 0.25) is 0 Å². The summed E-state index contributed by atoms with van der Waals surface area (Å²) in [6.07, 6.45) is -8.32. The number of alkyl halides is 6. The van der Waals surface area contributed by atoms with Gasteiger partial charge in [-0.05, 0) is 64.5 Å². The van der Waals surface area contributed by atoms with Crippen molar-refractivity contribution < 1.29 is 49.8 Å². The Balaban J connectivity index is 1.69. The van der Waals surface area contributed by atoms with Crippen molar-refractivity contribution in [1.29, 1.82) is 0 Å². The van der Waals surface area contributed by atoms with E-state index in [1.165, 1.54) is 37.8 Å². The third kappa shape index (κ3) is 8.37. The van der Waals surface area contributed by atoms with E-state index in [2.05, 4.69) is 25.8 Å². The largest absolute Gasteiger partial charge is 0.444 e. The zero-order valence-electron chi connectivity index (χ0n) is 27.5. The van der Waals surface area contributed by atoms with E-state index < -0.39 is 89.2 Å². The third-order valence-corrected chi connectivity index (χ3v) is 7.95. The Bertz CT molecular complexity index is 1700. The number of carbonyl (C=O) groups is 2. The van der Waals surface area contributed by atoms with Crippen LogP contribution in [-0.2, 0) is 32.7 Å². The van der Waals surface area contributed by atoms with E-state index in [0.717, 1.165) is 0 Å². The molecule has 11 nitrogen and oxygen atoms in total. The number of hydrogen-bond acceptors (Lipinski definition) is 9. The van der Waals surface area contributed by atoms with Gasteiger partial charge in [-0.15, -0.1) is 10.2 Å². The van der Waals surface area contributed by atoms with Crippen molar-refractivity contribution in [2.24, 2.45) is 0 Å². The Kier molecular flexibility index (Phi) is 10.5. The van der Waals surface area contributed by atoms with Crippen LogP contribution in [0.5, 0.6) is 0 Å². The first-order valence-electron chi connectivity index (χ1n) is 15.9. The molecule has 2 amide bonds. The topological polar surface area (TPSA) is 132 Å². The highest BCUT2D eigenvalue weighted by atomic mass is 19.4. The number of fused-ring (bicyclic) bond motifs is 5. The lowest BCUT2D eigenvalue weighted by Crippen LogP contribution is -2.45. The summed E-state index contributed by atoms with van der Waals surface area (Å²) in [5, 5.41) is 12.2. The van der Waals surface area contributed by atoms with E-state index in [1.54, 1.807) is 30.3 Å². The van der Waals surface area contributed by atoms with Gasteiger partial charge in [0.1, 0.15) is 17.5 Å². The lowest BCUT2D eigenvalue weighted by atomic mass is 9.95. The number of ether oxygens (including phenoxy) is 2. The second kappa shape index (κ2) is 14.3. The first-order chi connectivity index (χ1) is 23.5. The molecule has 50 heavy (non-hydrogen) atoms. The second-order valence-corrected chi connectivity index (χ2v) is 12.9. The van der Waals surface area contributed by atoms with E-state index in [9.17, 15) is 22.8 Å². The average Bonchev–Trinajstić information content (AvgIpc) is 3.74. The van der Waals surface area contributed by atoms with Crippen LogP contribution in [0.25, 0.3) is 11.6 Å². The molecule has 2 aliphatic rings. The van der Waals surface area contributed by atoms with Gasteiger partial charge in [0.25, 0.3) is 11.8 Å². The van der Waals surface area contributed by atoms with Gasteiger partial charge < -0.3 is 24.1 Å². The summed E-state index contributed by atoms with van der Waals surface area (Å²) in [4.78, 5) is 31.9. The minimum absolute atomic E-state index is 0.177. The number of halogens is 6. The highest BCUT2D eigenvalue weighted by Gasteiger charge is 2.61. The van der Waals surface area contributed by atoms with Crippen LogP contribution in [0, 0.1) is 0 Å². The van der Waals surface area contributed by atoms with Gasteiger partial charge in [-0.3, -0.25) is 10.1 Å². The van der Waals surface area contributed by atoms with Gasteiger partial charge in [0.2, 0.25) is 11.5 Å². The SMILES string of the molecule is CC(C)(C)OC(=O)Nc1cc(C(F)(F)F)c2nc1-c1nnc(o1)[C@@](OCc1ccccc1)(C(F)(F)F)CC/C=C\CC(C(=O)N1CCCC1)N2. The van der Waals surface area contributed by atoms with E-state index in [0.29, 0.717) is 37.6 Å². The number of likely N-dealkylation sites (tertiary alicyclic amines) is 1. The molecule has 4 heterocycles. The predicted octanol–water partition coefficient (Wildman–Crippen LogP) is 7.61. The number of aromatic nitrogens is 3. The maximum Gasteiger partial charge on any atom is 0.426 e. The van der Waals surface area contributed by atoms with E-state index in [4.69, 9.17) is 13.9 Å². The third-order valence-electron chi connectivity index (χ3n) is 7.95. The lowest BCUT2D eigenvalue weighted by Gasteiger charge is -2.32. The van der Waals surface area contributed by atoms with Crippen molar-refractivity contribution >= 4 is 23.5 Å². The minimum Gasteiger partial charge on any atom is -0.444 e. The molecule has 17 heteroatoms. The Hall–Kier alpha value is -4.67. The number of carbonyl (C=O) groups excluding carboxylic acids is 2. The molecule has 2 N–H and O–H groups in total.